The third-order valence-corrected chi connectivity index (χ3v) is 3.33. The van der Waals surface area contributed by atoms with Gasteiger partial charge in [-0.3, -0.25) is 0 Å². The van der Waals surface area contributed by atoms with E-state index < -0.39 is 0 Å². The van der Waals surface area contributed by atoms with Gasteiger partial charge in [0.2, 0.25) is 0 Å². The van der Waals surface area contributed by atoms with Crippen molar-refractivity contribution in [1.29, 1.82) is 0 Å². The van der Waals surface area contributed by atoms with Crippen molar-refractivity contribution in [2.24, 2.45) is 0 Å². The molecular weight excluding hydrogens is 236 g/mol. The lowest BCUT2D eigenvalue weighted by molar-refractivity contribution is 0.586. The van der Waals surface area contributed by atoms with E-state index in [4.69, 9.17) is 0 Å². The van der Waals surface area contributed by atoms with Gasteiger partial charge in [0, 0.05) is 4.47 Å². The largest absolute Gasteiger partial charge is 0.0795 e. The standard InChI is InChI=1S/C13H15Br/c1-13(2,3)11-7-9-5-4-6-10(9)8-12(11)14/h4,6-8H,5H2,1-3H3. The molecular formula is C13H15Br. The quantitative estimate of drug-likeness (QED) is 0.644. The summed E-state index contributed by atoms with van der Waals surface area (Å²) >= 11 is 3.65. The molecule has 0 unspecified atom stereocenters. The van der Waals surface area contributed by atoms with Crippen LogP contribution in [-0.4, -0.2) is 0 Å². The minimum Gasteiger partial charge on any atom is -0.0795 e. The fourth-order valence-corrected chi connectivity index (χ4v) is 2.81. The molecule has 1 aliphatic rings. The van der Waals surface area contributed by atoms with Crippen molar-refractivity contribution in [1.82, 2.24) is 0 Å². The SMILES string of the molecule is CC(C)(C)c1cc2c(cc1Br)C=CC2. The number of fused-ring (bicyclic) bond motifs is 1. The molecule has 1 heteroatoms. The van der Waals surface area contributed by atoms with Crippen molar-refractivity contribution in [2.45, 2.75) is 32.6 Å². The predicted octanol–water partition coefficient (Wildman–Crippen LogP) is 4.32. The van der Waals surface area contributed by atoms with Crippen molar-refractivity contribution in [3.63, 3.8) is 0 Å². The molecule has 0 amide bonds. The zero-order valence-corrected chi connectivity index (χ0v) is 10.5. The Morgan fingerprint density at radius 3 is 2.57 bits per heavy atom. The van der Waals surface area contributed by atoms with E-state index in [0.717, 1.165) is 6.42 Å². The molecule has 1 aliphatic carbocycles. The minimum absolute atomic E-state index is 0.219. The third-order valence-electron chi connectivity index (χ3n) is 2.67. The zero-order valence-electron chi connectivity index (χ0n) is 8.89. The second-order valence-corrected chi connectivity index (χ2v) is 5.74. The lowest BCUT2D eigenvalue weighted by Crippen LogP contribution is -2.12. The van der Waals surface area contributed by atoms with E-state index in [1.165, 1.54) is 21.2 Å². The first-order chi connectivity index (χ1) is 6.48. The van der Waals surface area contributed by atoms with Gasteiger partial charge in [0.05, 0.1) is 0 Å². The highest BCUT2D eigenvalue weighted by atomic mass is 79.9. The Balaban J connectivity index is 2.56. The number of benzene rings is 1. The van der Waals surface area contributed by atoms with Crippen LogP contribution in [0.25, 0.3) is 6.08 Å². The molecule has 0 saturated carbocycles. The molecule has 0 atom stereocenters. The number of hydrogen-bond donors (Lipinski definition) is 0. The van der Waals surface area contributed by atoms with Crippen molar-refractivity contribution in [2.75, 3.05) is 0 Å². The molecule has 0 spiro atoms. The average Bonchev–Trinajstić information content (AvgIpc) is 2.47. The molecule has 0 aromatic heterocycles. The number of hydrogen-bond acceptors (Lipinski definition) is 0. The van der Waals surface area contributed by atoms with Crippen LogP contribution in [0.2, 0.25) is 0 Å². The summed E-state index contributed by atoms with van der Waals surface area (Å²) in [5, 5.41) is 0. The lowest BCUT2D eigenvalue weighted by Gasteiger charge is -2.22. The number of halogens is 1. The first-order valence-corrected chi connectivity index (χ1v) is 5.77. The Bertz CT molecular complexity index is 394. The fraction of sp³-hybridized carbons (Fsp3) is 0.385. The molecule has 0 bridgehead atoms. The smallest absolute Gasteiger partial charge is 0.0218 e. The van der Waals surface area contributed by atoms with Crippen molar-refractivity contribution in [3.05, 3.63) is 39.4 Å². The van der Waals surface area contributed by atoms with Gasteiger partial charge in [-0.1, -0.05) is 54.9 Å². The van der Waals surface area contributed by atoms with Crippen LogP contribution in [0.3, 0.4) is 0 Å². The molecule has 0 nitrogen and oxygen atoms in total. The van der Waals surface area contributed by atoms with Crippen LogP contribution < -0.4 is 0 Å². The molecule has 0 saturated heterocycles. The number of rotatable bonds is 0. The van der Waals surface area contributed by atoms with Gasteiger partial charge in [-0.25, -0.2) is 0 Å². The Hall–Kier alpha value is -0.560. The zero-order chi connectivity index (χ0) is 10.3. The van der Waals surface area contributed by atoms with Gasteiger partial charge in [0.25, 0.3) is 0 Å². The Morgan fingerprint density at radius 1 is 1.21 bits per heavy atom. The molecule has 14 heavy (non-hydrogen) atoms. The van der Waals surface area contributed by atoms with Gasteiger partial charge >= 0.3 is 0 Å². The van der Waals surface area contributed by atoms with Crippen LogP contribution in [-0.2, 0) is 11.8 Å². The molecule has 1 aromatic carbocycles. The van der Waals surface area contributed by atoms with Crippen molar-refractivity contribution < 1.29 is 0 Å². The van der Waals surface area contributed by atoms with Crippen LogP contribution in [0.5, 0.6) is 0 Å². The molecule has 0 aliphatic heterocycles. The van der Waals surface area contributed by atoms with E-state index in [-0.39, 0.29) is 5.41 Å². The molecule has 1 aromatic rings. The minimum atomic E-state index is 0.219. The van der Waals surface area contributed by atoms with Crippen LogP contribution >= 0.6 is 15.9 Å². The van der Waals surface area contributed by atoms with Gasteiger partial charge in [0.1, 0.15) is 0 Å². The van der Waals surface area contributed by atoms with Gasteiger partial charge in [-0.2, -0.15) is 0 Å². The highest BCUT2D eigenvalue weighted by Gasteiger charge is 2.19. The van der Waals surface area contributed by atoms with Crippen LogP contribution in [0.1, 0.15) is 37.5 Å². The maximum atomic E-state index is 3.65. The molecule has 0 fully saturated rings. The summed E-state index contributed by atoms with van der Waals surface area (Å²) in [6.07, 6.45) is 5.52. The molecule has 74 valence electrons. The summed E-state index contributed by atoms with van der Waals surface area (Å²) in [7, 11) is 0. The molecule has 2 rings (SSSR count). The first-order valence-electron chi connectivity index (χ1n) is 4.98. The van der Waals surface area contributed by atoms with E-state index in [1.54, 1.807) is 0 Å². The van der Waals surface area contributed by atoms with Crippen molar-refractivity contribution in [3.8, 4) is 0 Å². The normalized spacial score (nSPS) is 14.6. The van der Waals surface area contributed by atoms with E-state index in [1.807, 2.05) is 0 Å². The van der Waals surface area contributed by atoms with E-state index in [2.05, 4.69) is 61.0 Å². The van der Waals surface area contributed by atoms with Crippen LogP contribution in [0.15, 0.2) is 22.7 Å². The second-order valence-electron chi connectivity index (χ2n) is 4.89. The van der Waals surface area contributed by atoms with E-state index >= 15 is 0 Å². The predicted molar refractivity (Wildman–Crippen MR) is 65.6 cm³/mol. The van der Waals surface area contributed by atoms with Gasteiger partial charge in [-0.05, 0) is 34.6 Å². The summed E-state index contributed by atoms with van der Waals surface area (Å²) in [5.74, 6) is 0. The number of allylic oxidation sites excluding steroid dienone is 1. The molecule has 0 radical (unpaired) electrons. The first kappa shape index (κ1) is 9.97. The summed E-state index contributed by atoms with van der Waals surface area (Å²) in [6.45, 7) is 6.76. The summed E-state index contributed by atoms with van der Waals surface area (Å²) in [5.41, 5.74) is 4.44. The van der Waals surface area contributed by atoms with Gasteiger partial charge in [0.15, 0.2) is 0 Å². The summed E-state index contributed by atoms with van der Waals surface area (Å²) in [6, 6.07) is 4.57. The third kappa shape index (κ3) is 1.66. The average molecular weight is 251 g/mol. The topological polar surface area (TPSA) is 0 Å². The summed E-state index contributed by atoms with van der Waals surface area (Å²) < 4.78 is 1.23. The Kier molecular flexibility index (Phi) is 2.30. The lowest BCUT2D eigenvalue weighted by atomic mass is 9.85. The van der Waals surface area contributed by atoms with Gasteiger partial charge < -0.3 is 0 Å². The van der Waals surface area contributed by atoms with Crippen LogP contribution in [0.4, 0.5) is 0 Å². The fourth-order valence-electron chi connectivity index (χ4n) is 1.85. The second kappa shape index (κ2) is 3.23. The van der Waals surface area contributed by atoms with Gasteiger partial charge in [-0.15, -0.1) is 0 Å². The maximum absolute atomic E-state index is 3.65. The summed E-state index contributed by atoms with van der Waals surface area (Å²) in [4.78, 5) is 0. The highest BCUT2D eigenvalue weighted by Crippen LogP contribution is 2.34. The maximum Gasteiger partial charge on any atom is 0.0218 e. The Labute approximate surface area is 94.2 Å². The van der Waals surface area contributed by atoms with Crippen LogP contribution in [0, 0.1) is 0 Å². The van der Waals surface area contributed by atoms with E-state index in [9.17, 15) is 0 Å². The van der Waals surface area contributed by atoms with E-state index in [0.29, 0.717) is 0 Å². The highest BCUT2D eigenvalue weighted by molar-refractivity contribution is 9.10. The monoisotopic (exact) mass is 250 g/mol. The van der Waals surface area contributed by atoms with Crippen molar-refractivity contribution >= 4 is 22.0 Å². The Morgan fingerprint density at radius 2 is 1.93 bits per heavy atom. The molecule has 0 N–H and O–H groups in total. The molecule has 0 heterocycles.